The monoisotopic (exact) mass is 1350 g/mol. The number of benzene rings is 8. The molecule has 3 aliphatic rings. The number of anilines is 4. The smallest absolute Gasteiger partial charge is 0.259 e. The number of carbonyl (C=O) groups is 6. The Morgan fingerprint density at radius 3 is 1.09 bits per heavy atom. The maximum atomic E-state index is 15.9. The summed E-state index contributed by atoms with van der Waals surface area (Å²) in [4.78, 5) is 91.6. The van der Waals surface area contributed by atoms with Crippen molar-refractivity contribution in [2.24, 2.45) is 0 Å². The lowest BCUT2D eigenvalue weighted by atomic mass is 9.89. The Balaban J connectivity index is 1.19. The molecule has 2 atom stereocenters. The van der Waals surface area contributed by atoms with Crippen LogP contribution in [0.15, 0.2) is 158 Å². The average Bonchev–Trinajstić information content (AvgIpc) is 0.767. The highest BCUT2D eigenvalue weighted by molar-refractivity contribution is 6.11. The summed E-state index contributed by atoms with van der Waals surface area (Å²) in [6.07, 6.45) is 12.6. The largest absolute Gasteiger partial charge is 0.507 e. The maximum absolute atomic E-state index is 15.9. The number of hydrogen-bond acceptors (Lipinski definition) is 12. The van der Waals surface area contributed by atoms with Gasteiger partial charge < -0.3 is 50.4 Å². The first-order chi connectivity index (χ1) is 48.8. The zero-order chi connectivity index (χ0) is 70.1. The van der Waals surface area contributed by atoms with Crippen LogP contribution in [0.4, 0.5) is 22.7 Å². The summed E-state index contributed by atoms with van der Waals surface area (Å²) in [6.45, 7) is 4.59. The first-order valence-corrected chi connectivity index (χ1v) is 35.1. The molecule has 2 saturated carbocycles. The second-order valence-electron chi connectivity index (χ2n) is 26.2. The van der Waals surface area contributed by atoms with Crippen molar-refractivity contribution in [1.29, 1.82) is 0 Å². The molecule has 8 bridgehead atoms. The van der Waals surface area contributed by atoms with Gasteiger partial charge in [-0.1, -0.05) is 126 Å². The van der Waals surface area contributed by atoms with E-state index in [9.17, 15) is 19.8 Å². The predicted octanol–water partition coefficient (Wildman–Crippen LogP) is 15.0. The van der Waals surface area contributed by atoms with Crippen molar-refractivity contribution in [3.8, 4) is 34.5 Å². The molecule has 0 aliphatic heterocycles. The number of unbranched alkanes of at least 4 members (excludes halogenated alkanes) is 2. The molecule has 11 rings (SSSR count). The fourth-order valence-corrected chi connectivity index (χ4v) is 14.1. The van der Waals surface area contributed by atoms with Gasteiger partial charge >= 0.3 is 0 Å². The van der Waals surface area contributed by atoms with Crippen molar-refractivity contribution in [3.63, 3.8) is 0 Å². The van der Waals surface area contributed by atoms with Crippen LogP contribution in [0.3, 0.4) is 0 Å². The standard InChI is InChI=1S/C82H90N6O12/c1-5-7-37-99-77-61-39-57-43-67(83-51-89)45-59(75(57)91)41-63-49-70(88(82(96)56-23-15-10-16-24-56)74(54-31-35-72(98-4)36-32-54)80(94)86-66-27-19-12-20-28-66)50-64(78(63)100-38-8-6-2)42-60-46-68(84-52-90)44-58(76(60)92)40-62(77)48-69(47-61)87(81(95)55-21-13-9-14-22-55)73(53-29-33-71(97-3)34-30-53)79(93)85-65-25-17-11-18-26-65/h9-10,13-16,21-24,29-36,43-52,65-66,73-74,91-92H,5-8,11-12,17-20,25-28,37-42H2,1-4H3,(H,83,89)(H,84,90)(H,85,93)(H,86,94). The van der Waals surface area contributed by atoms with Crippen LogP contribution in [0.1, 0.15) is 192 Å². The molecule has 6 amide bonds. The van der Waals surface area contributed by atoms with Crippen molar-refractivity contribution < 1.29 is 57.9 Å². The molecule has 0 radical (unpaired) electrons. The summed E-state index contributed by atoms with van der Waals surface area (Å²) < 4.78 is 25.1. The van der Waals surface area contributed by atoms with E-state index in [4.69, 9.17) is 18.9 Å². The molecule has 6 N–H and O–H groups in total. The molecule has 100 heavy (non-hydrogen) atoms. The molecular weight excluding hydrogens is 1260 g/mol. The second kappa shape index (κ2) is 33.8. The van der Waals surface area contributed by atoms with Crippen LogP contribution in [0.5, 0.6) is 34.5 Å². The fraction of sp³-hybridized carbons (Fsp3) is 0.341. The van der Waals surface area contributed by atoms with Crippen LogP contribution in [0.25, 0.3) is 0 Å². The summed E-state index contributed by atoms with van der Waals surface area (Å²) in [7, 11) is 3.12. The van der Waals surface area contributed by atoms with Gasteiger partial charge in [-0.05, 0) is 147 Å². The minimum atomic E-state index is -1.27. The van der Waals surface area contributed by atoms with E-state index in [2.05, 4.69) is 21.3 Å². The average molecular weight is 1350 g/mol. The number of phenols is 2. The Hall–Kier alpha value is -10.6. The third-order valence-corrected chi connectivity index (χ3v) is 19.3. The van der Waals surface area contributed by atoms with E-state index in [1.165, 1.54) is 9.80 Å². The van der Waals surface area contributed by atoms with Crippen LogP contribution in [0.2, 0.25) is 0 Å². The molecule has 0 aromatic heterocycles. The molecule has 2 unspecified atom stereocenters. The Bertz CT molecular complexity index is 3810. The van der Waals surface area contributed by atoms with Gasteiger partial charge in [-0.3, -0.25) is 38.6 Å². The third kappa shape index (κ3) is 16.7. The van der Waals surface area contributed by atoms with Gasteiger partial charge in [-0.2, -0.15) is 0 Å². The Morgan fingerprint density at radius 2 is 0.790 bits per heavy atom. The van der Waals surface area contributed by atoms with E-state index in [0.717, 1.165) is 77.0 Å². The van der Waals surface area contributed by atoms with Gasteiger partial charge in [0.05, 0.1) is 27.4 Å². The van der Waals surface area contributed by atoms with Crippen molar-refractivity contribution in [2.45, 2.75) is 154 Å². The minimum absolute atomic E-state index is 0.0849. The molecule has 0 heterocycles. The highest BCUT2D eigenvalue weighted by Crippen LogP contribution is 2.46. The quantitative estimate of drug-likeness (QED) is 0.0169. The van der Waals surface area contributed by atoms with Crippen molar-refractivity contribution in [1.82, 2.24) is 10.6 Å². The van der Waals surface area contributed by atoms with E-state index < -0.39 is 35.7 Å². The van der Waals surface area contributed by atoms with Crippen LogP contribution >= 0.6 is 0 Å². The Kier molecular flexibility index (Phi) is 23.9. The number of carbonyl (C=O) groups excluding carboxylic acids is 6. The number of aromatic hydroxyl groups is 2. The van der Waals surface area contributed by atoms with Crippen LogP contribution in [0, 0.1) is 0 Å². The van der Waals surface area contributed by atoms with Gasteiger partial charge in [-0.25, -0.2) is 0 Å². The number of nitrogens with zero attached hydrogens (tertiary/aromatic N) is 2. The van der Waals surface area contributed by atoms with Gasteiger partial charge in [0.15, 0.2) is 0 Å². The molecule has 520 valence electrons. The van der Waals surface area contributed by atoms with Crippen LogP contribution in [-0.2, 0) is 44.9 Å². The number of fused-ring (bicyclic) bond motifs is 8. The molecule has 0 spiro atoms. The van der Waals surface area contributed by atoms with E-state index in [0.29, 0.717) is 127 Å². The molecule has 18 nitrogen and oxygen atoms in total. The summed E-state index contributed by atoms with van der Waals surface area (Å²) in [5.41, 5.74) is 6.13. The number of rotatable bonds is 26. The highest BCUT2D eigenvalue weighted by Gasteiger charge is 2.39. The number of hydrogen-bond donors (Lipinski definition) is 6. The van der Waals surface area contributed by atoms with Gasteiger partial charge in [-0.15, -0.1) is 0 Å². The summed E-state index contributed by atoms with van der Waals surface area (Å²) in [6, 6.07) is 42.8. The summed E-state index contributed by atoms with van der Waals surface area (Å²) in [5.74, 6) is -0.213. The fourth-order valence-electron chi connectivity index (χ4n) is 14.1. The van der Waals surface area contributed by atoms with Crippen molar-refractivity contribution in [3.05, 3.63) is 224 Å². The maximum Gasteiger partial charge on any atom is 0.259 e. The number of phenolic OH excluding ortho intramolecular Hbond substituents is 2. The number of nitrogens with one attached hydrogen (secondary N) is 4. The summed E-state index contributed by atoms with van der Waals surface area (Å²) >= 11 is 0. The van der Waals surface area contributed by atoms with Gasteiger partial charge in [0, 0.05) is 116 Å². The van der Waals surface area contributed by atoms with Crippen molar-refractivity contribution >= 4 is 59.2 Å². The number of amides is 6. The van der Waals surface area contributed by atoms with Gasteiger partial charge in [0.1, 0.15) is 46.6 Å². The first kappa shape index (κ1) is 70.7. The van der Waals surface area contributed by atoms with Crippen molar-refractivity contribution in [2.75, 3.05) is 47.9 Å². The normalized spacial score (nSPS) is 14.4. The van der Waals surface area contributed by atoms with E-state index in [1.54, 1.807) is 136 Å². The number of methoxy groups -OCH3 is 2. The first-order valence-electron chi connectivity index (χ1n) is 35.1. The molecular formula is C82H90N6O12. The van der Waals surface area contributed by atoms with E-state index in [1.807, 2.05) is 50.2 Å². The molecule has 8 aromatic rings. The van der Waals surface area contributed by atoms with E-state index in [-0.39, 0.29) is 73.9 Å². The summed E-state index contributed by atoms with van der Waals surface area (Å²) in [5, 5.41) is 39.0. The van der Waals surface area contributed by atoms with Gasteiger partial charge in [0.25, 0.3) is 11.8 Å². The van der Waals surface area contributed by atoms with Gasteiger partial charge in [0.2, 0.25) is 24.6 Å². The second-order valence-corrected chi connectivity index (χ2v) is 26.2. The minimum Gasteiger partial charge on any atom is -0.507 e. The highest BCUT2D eigenvalue weighted by atomic mass is 16.5. The van der Waals surface area contributed by atoms with Crippen LogP contribution in [-0.4, -0.2) is 86.2 Å². The number of ether oxygens (including phenoxy) is 4. The third-order valence-electron chi connectivity index (χ3n) is 19.3. The zero-order valence-electron chi connectivity index (χ0n) is 57.5. The molecule has 0 saturated heterocycles. The Morgan fingerprint density at radius 1 is 0.460 bits per heavy atom. The molecule has 8 aromatic carbocycles. The lowest BCUT2D eigenvalue weighted by molar-refractivity contribution is -0.124. The molecule has 3 aliphatic carbocycles. The van der Waals surface area contributed by atoms with E-state index >= 15 is 19.2 Å². The zero-order valence-corrected chi connectivity index (χ0v) is 57.5. The molecule has 18 heteroatoms. The molecule has 2 fully saturated rings. The lowest BCUT2D eigenvalue weighted by Crippen LogP contribution is -2.47. The predicted molar refractivity (Wildman–Crippen MR) is 389 cm³/mol. The Labute approximate surface area is 585 Å². The van der Waals surface area contributed by atoms with Crippen LogP contribution < -0.4 is 50.0 Å². The lowest BCUT2D eigenvalue weighted by Gasteiger charge is -2.34. The SMILES string of the molecule is CCCCOc1c2cc(N(C(=O)c3ccccc3)C(C(=O)NC3CCCCC3)c3ccc(OC)cc3)cc1Cc1cc(NC=O)cc(c1O)Cc1cc(N(C(=O)c3ccccc3)C(C(=O)NC3CCCCC3)c3ccc(OC)cc3)cc(c1OCCCC)Cc1cc(NC=O)cc(c1O)C2. The topological polar surface area (TPSA) is 234 Å².